The third-order valence-corrected chi connectivity index (χ3v) is 3.90. The summed E-state index contributed by atoms with van der Waals surface area (Å²) in [5, 5.41) is 4.17. The van der Waals surface area contributed by atoms with Crippen LogP contribution < -0.4 is 24.4 Å². The minimum absolute atomic E-state index is 0.362. The molecule has 7 nitrogen and oxygen atoms in total. The summed E-state index contributed by atoms with van der Waals surface area (Å²) in [6.45, 7) is 2.86. The van der Waals surface area contributed by atoms with E-state index >= 15 is 0 Å². The number of nitrogens with zero attached hydrogens (tertiary/aromatic N) is 1. The number of hydrogen-bond donors (Lipinski definition) is 1. The number of hydrazone groups is 1. The monoisotopic (exact) mass is 356 g/mol. The summed E-state index contributed by atoms with van der Waals surface area (Å²) in [7, 11) is 3.06. The van der Waals surface area contributed by atoms with Gasteiger partial charge in [-0.25, -0.2) is 5.43 Å². The zero-order valence-corrected chi connectivity index (χ0v) is 14.9. The van der Waals surface area contributed by atoms with E-state index in [2.05, 4.69) is 10.5 Å². The Morgan fingerprint density at radius 1 is 0.962 bits per heavy atom. The van der Waals surface area contributed by atoms with Gasteiger partial charge in [-0.1, -0.05) is 0 Å². The minimum Gasteiger partial charge on any atom is -0.497 e. The molecule has 2 aromatic rings. The van der Waals surface area contributed by atoms with Crippen LogP contribution in [0.1, 0.15) is 22.8 Å². The van der Waals surface area contributed by atoms with Gasteiger partial charge in [-0.3, -0.25) is 4.79 Å². The molecule has 0 fully saturated rings. The van der Waals surface area contributed by atoms with Gasteiger partial charge in [-0.05, 0) is 37.3 Å². The molecule has 0 saturated carbocycles. The first-order chi connectivity index (χ1) is 12.6. The molecule has 0 aliphatic carbocycles. The molecule has 1 heterocycles. The summed E-state index contributed by atoms with van der Waals surface area (Å²) in [6.07, 6.45) is 0. The van der Waals surface area contributed by atoms with Gasteiger partial charge in [0.15, 0.2) is 11.5 Å². The van der Waals surface area contributed by atoms with E-state index in [9.17, 15) is 4.79 Å². The van der Waals surface area contributed by atoms with Crippen molar-refractivity contribution in [3.63, 3.8) is 0 Å². The number of benzene rings is 2. The Bertz CT molecular complexity index is 826. The van der Waals surface area contributed by atoms with Crippen LogP contribution in [-0.2, 0) is 0 Å². The fraction of sp³-hybridized carbons (Fsp3) is 0.263. The van der Waals surface area contributed by atoms with E-state index in [1.54, 1.807) is 25.1 Å². The van der Waals surface area contributed by atoms with Gasteiger partial charge in [0.05, 0.1) is 19.9 Å². The highest BCUT2D eigenvalue weighted by Gasteiger charge is 2.13. The Morgan fingerprint density at radius 3 is 2.27 bits per heavy atom. The normalized spacial score (nSPS) is 13.1. The van der Waals surface area contributed by atoms with E-state index in [4.69, 9.17) is 18.9 Å². The second-order valence-corrected chi connectivity index (χ2v) is 5.60. The smallest absolute Gasteiger partial charge is 0.271 e. The molecule has 0 saturated heterocycles. The number of carbonyl (C=O) groups excluding carboxylic acids is 1. The SMILES string of the molecule is COc1cc(OC)cc(C(=O)N/N=C(\C)c2ccc3c(c2)OCCO3)c1. The number of ether oxygens (including phenoxy) is 4. The lowest BCUT2D eigenvalue weighted by molar-refractivity contribution is 0.0954. The first-order valence-corrected chi connectivity index (χ1v) is 8.08. The molecule has 2 aromatic carbocycles. The van der Waals surface area contributed by atoms with Crippen molar-refractivity contribution in [2.24, 2.45) is 5.10 Å². The van der Waals surface area contributed by atoms with Crippen molar-refractivity contribution in [2.45, 2.75) is 6.92 Å². The van der Waals surface area contributed by atoms with Crippen molar-refractivity contribution in [3.8, 4) is 23.0 Å². The maximum atomic E-state index is 12.4. The lowest BCUT2D eigenvalue weighted by atomic mass is 10.1. The molecule has 1 aliphatic rings. The second-order valence-electron chi connectivity index (χ2n) is 5.60. The summed E-state index contributed by atoms with van der Waals surface area (Å²) in [5.41, 5.74) is 4.41. The molecule has 7 heteroatoms. The van der Waals surface area contributed by atoms with E-state index in [1.165, 1.54) is 14.2 Å². The number of carbonyl (C=O) groups is 1. The quantitative estimate of drug-likeness (QED) is 0.658. The van der Waals surface area contributed by atoms with Crippen molar-refractivity contribution in [1.29, 1.82) is 0 Å². The fourth-order valence-corrected chi connectivity index (χ4v) is 2.47. The first-order valence-electron chi connectivity index (χ1n) is 8.08. The highest BCUT2D eigenvalue weighted by Crippen LogP contribution is 2.30. The van der Waals surface area contributed by atoms with Crippen molar-refractivity contribution < 1.29 is 23.7 Å². The molecule has 1 N–H and O–H groups in total. The number of rotatable bonds is 5. The van der Waals surface area contributed by atoms with Gasteiger partial charge in [-0.2, -0.15) is 5.10 Å². The predicted molar refractivity (Wildman–Crippen MR) is 96.7 cm³/mol. The zero-order valence-electron chi connectivity index (χ0n) is 14.9. The van der Waals surface area contributed by atoms with Crippen LogP contribution in [0.4, 0.5) is 0 Å². The number of fused-ring (bicyclic) bond motifs is 1. The first kappa shape index (κ1) is 17.6. The van der Waals surface area contributed by atoms with E-state index in [0.717, 1.165) is 5.56 Å². The van der Waals surface area contributed by atoms with Crippen LogP contribution in [0.5, 0.6) is 23.0 Å². The Morgan fingerprint density at radius 2 is 1.62 bits per heavy atom. The molecule has 0 unspecified atom stereocenters. The molecule has 136 valence electrons. The number of hydrogen-bond acceptors (Lipinski definition) is 6. The van der Waals surface area contributed by atoms with Gasteiger partial charge < -0.3 is 18.9 Å². The summed E-state index contributed by atoms with van der Waals surface area (Å²) >= 11 is 0. The lowest BCUT2D eigenvalue weighted by Gasteiger charge is -2.18. The molecule has 0 radical (unpaired) electrons. The Hall–Kier alpha value is -3.22. The summed E-state index contributed by atoms with van der Waals surface area (Å²) in [5.74, 6) is 2.08. The molecule has 0 atom stereocenters. The highest BCUT2D eigenvalue weighted by atomic mass is 16.6. The molecule has 1 amide bonds. The standard InChI is InChI=1S/C19H20N2O5/c1-12(13-4-5-17-18(10-13)26-7-6-25-17)20-21-19(22)14-8-15(23-2)11-16(9-14)24-3/h4-5,8-11H,6-7H2,1-3H3,(H,21,22)/b20-12+. The number of methoxy groups -OCH3 is 2. The summed E-state index contributed by atoms with van der Waals surface area (Å²) in [6, 6.07) is 10.5. The van der Waals surface area contributed by atoms with E-state index < -0.39 is 0 Å². The van der Waals surface area contributed by atoms with Gasteiger partial charge in [0.2, 0.25) is 0 Å². The summed E-state index contributed by atoms with van der Waals surface area (Å²) < 4.78 is 21.4. The van der Waals surface area contributed by atoms with Crippen molar-refractivity contribution in [1.82, 2.24) is 5.43 Å². The van der Waals surface area contributed by atoms with E-state index in [0.29, 0.717) is 47.5 Å². The Kier molecular flexibility index (Phi) is 5.26. The molecular formula is C19H20N2O5. The third kappa shape index (κ3) is 3.88. The molecular weight excluding hydrogens is 336 g/mol. The molecule has 26 heavy (non-hydrogen) atoms. The van der Waals surface area contributed by atoms with E-state index in [-0.39, 0.29) is 5.91 Å². The molecule has 1 aliphatic heterocycles. The van der Waals surface area contributed by atoms with Gasteiger partial charge >= 0.3 is 0 Å². The fourth-order valence-electron chi connectivity index (χ4n) is 2.47. The Balaban J connectivity index is 1.75. The van der Waals surface area contributed by atoms with Crippen molar-refractivity contribution in [2.75, 3.05) is 27.4 Å². The third-order valence-electron chi connectivity index (χ3n) is 3.90. The maximum absolute atomic E-state index is 12.4. The van der Waals surface area contributed by atoms with Gasteiger partial charge in [0.1, 0.15) is 24.7 Å². The topological polar surface area (TPSA) is 78.4 Å². The largest absolute Gasteiger partial charge is 0.497 e. The highest BCUT2D eigenvalue weighted by molar-refractivity contribution is 6.01. The van der Waals surface area contributed by atoms with Crippen LogP contribution in [0.2, 0.25) is 0 Å². The minimum atomic E-state index is -0.362. The molecule has 0 aromatic heterocycles. The van der Waals surface area contributed by atoms with Crippen LogP contribution in [0.3, 0.4) is 0 Å². The second kappa shape index (κ2) is 7.77. The van der Waals surface area contributed by atoms with Gasteiger partial charge in [0, 0.05) is 17.2 Å². The van der Waals surface area contributed by atoms with Crippen LogP contribution >= 0.6 is 0 Å². The van der Waals surface area contributed by atoms with Crippen LogP contribution in [0.15, 0.2) is 41.5 Å². The van der Waals surface area contributed by atoms with Crippen LogP contribution in [0.25, 0.3) is 0 Å². The summed E-state index contributed by atoms with van der Waals surface area (Å²) in [4.78, 5) is 12.4. The number of amides is 1. The predicted octanol–water partition coefficient (Wildman–Crippen LogP) is 2.63. The average molecular weight is 356 g/mol. The van der Waals surface area contributed by atoms with Crippen LogP contribution in [0, 0.1) is 0 Å². The zero-order chi connectivity index (χ0) is 18.5. The van der Waals surface area contributed by atoms with Crippen molar-refractivity contribution in [3.05, 3.63) is 47.5 Å². The van der Waals surface area contributed by atoms with Gasteiger partial charge in [-0.15, -0.1) is 0 Å². The average Bonchev–Trinajstić information content (AvgIpc) is 2.70. The van der Waals surface area contributed by atoms with Crippen molar-refractivity contribution >= 4 is 11.6 Å². The Labute approximate surface area is 151 Å². The molecule has 0 spiro atoms. The van der Waals surface area contributed by atoms with Crippen LogP contribution in [-0.4, -0.2) is 39.1 Å². The molecule has 3 rings (SSSR count). The lowest BCUT2D eigenvalue weighted by Crippen LogP contribution is -2.20. The maximum Gasteiger partial charge on any atom is 0.271 e. The van der Waals surface area contributed by atoms with E-state index in [1.807, 2.05) is 18.2 Å². The molecule has 0 bridgehead atoms. The van der Waals surface area contributed by atoms with Gasteiger partial charge in [0.25, 0.3) is 5.91 Å². The number of nitrogens with one attached hydrogen (secondary N) is 1.